The zero-order valence-electron chi connectivity index (χ0n) is 17.4. The third kappa shape index (κ3) is 4.09. The van der Waals surface area contributed by atoms with Crippen LogP contribution in [-0.4, -0.2) is 46.5 Å². The number of methoxy groups -OCH3 is 2. The van der Waals surface area contributed by atoms with Crippen LogP contribution in [0.15, 0.2) is 39.7 Å². The Morgan fingerprint density at radius 2 is 2.06 bits per heavy atom. The molecule has 0 N–H and O–H groups in total. The minimum absolute atomic E-state index is 0.0134. The fourth-order valence-electron chi connectivity index (χ4n) is 3.42. The fourth-order valence-corrected chi connectivity index (χ4v) is 4.43. The summed E-state index contributed by atoms with van der Waals surface area (Å²) in [6, 6.07) is 1.90. The predicted octanol–water partition coefficient (Wildman–Crippen LogP) is 4.51. The topological polar surface area (TPSA) is 86.3 Å². The lowest BCUT2D eigenvalue weighted by molar-refractivity contribution is -0.140. The molecule has 1 fully saturated rings. The molecule has 4 rings (SSSR count). The average Bonchev–Trinajstić information content (AvgIpc) is 3.16. The van der Waals surface area contributed by atoms with Crippen LogP contribution in [0.1, 0.15) is 47.1 Å². The van der Waals surface area contributed by atoms with Crippen molar-refractivity contribution in [2.24, 2.45) is 9.98 Å². The van der Waals surface area contributed by atoms with Crippen LogP contribution in [0.25, 0.3) is 11.2 Å². The number of rotatable bonds is 5. The molecule has 3 heterocycles. The minimum Gasteiger partial charge on any atom is -0.481 e. The molecular weight excluding hydrogens is 445 g/mol. The van der Waals surface area contributed by atoms with Crippen LogP contribution < -0.4 is 0 Å². The predicted molar refractivity (Wildman–Crippen MR) is 114 cm³/mol. The van der Waals surface area contributed by atoms with E-state index in [0.717, 1.165) is 22.3 Å². The van der Waals surface area contributed by atoms with Gasteiger partial charge in [0, 0.05) is 34.8 Å². The summed E-state index contributed by atoms with van der Waals surface area (Å²) in [7, 11) is 2.88. The summed E-state index contributed by atoms with van der Waals surface area (Å²) in [6.45, 7) is 5.18. The van der Waals surface area contributed by atoms with Crippen molar-refractivity contribution in [1.82, 2.24) is 19.6 Å². The van der Waals surface area contributed by atoms with E-state index < -0.39 is 11.9 Å². The lowest BCUT2D eigenvalue weighted by Gasteiger charge is -2.10. The second-order valence-corrected chi connectivity index (χ2v) is 7.98. The van der Waals surface area contributed by atoms with E-state index in [4.69, 9.17) is 9.47 Å². The summed E-state index contributed by atoms with van der Waals surface area (Å²) >= 11 is 1.03. The number of aromatic nitrogens is 4. The highest BCUT2D eigenvalue weighted by Gasteiger charge is 2.45. The van der Waals surface area contributed by atoms with Crippen molar-refractivity contribution in [3.63, 3.8) is 0 Å². The van der Waals surface area contributed by atoms with Gasteiger partial charge in [0.25, 0.3) is 0 Å². The molecule has 3 aromatic rings. The van der Waals surface area contributed by atoms with Gasteiger partial charge in [-0.1, -0.05) is 0 Å². The van der Waals surface area contributed by atoms with Crippen molar-refractivity contribution in [1.29, 1.82) is 0 Å². The first-order chi connectivity index (χ1) is 15.3. The maximum absolute atomic E-state index is 12.9. The Morgan fingerprint density at radius 3 is 2.69 bits per heavy atom. The average molecular weight is 464 g/mol. The highest BCUT2D eigenvalue weighted by atomic mass is 32.1. The largest absolute Gasteiger partial charge is 0.481 e. The Bertz CT molecular complexity index is 1230. The van der Waals surface area contributed by atoms with E-state index in [-0.39, 0.29) is 23.7 Å². The smallest absolute Gasteiger partial charge is 0.434 e. The fraction of sp³-hybridized carbons (Fsp3) is 0.350. The summed E-state index contributed by atoms with van der Waals surface area (Å²) in [5, 5.41) is 6.10. The molecule has 0 aromatic carbocycles. The van der Waals surface area contributed by atoms with Crippen LogP contribution in [-0.2, 0) is 15.7 Å². The number of nitrogens with zero attached hydrogens (tertiary/aromatic N) is 6. The first-order valence-electron chi connectivity index (χ1n) is 9.48. The molecule has 12 heteroatoms. The van der Waals surface area contributed by atoms with Gasteiger partial charge in [-0.25, -0.2) is 19.5 Å². The van der Waals surface area contributed by atoms with Gasteiger partial charge in [-0.2, -0.15) is 23.3 Å². The lowest BCUT2D eigenvalue weighted by Crippen LogP contribution is -2.05. The molecule has 0 radical (unpaired) electrons. The SMILES string of the molecule is C=N/C(=N\C(OC)=C(/C)c1cc([C@H]2C[C@@H]2c2nc(C(F)(F)F)cs2)c2nccn2n1)OC. The van der Waals surface area contributed by atoms with Gasteiger partial charge in [-0.15, -0.1) is 11.3 Å². The molecule has 32 heavy (non-hydrogen) atoms. The van der Waals surface area contributed by atoms with Crippen LogP contribution in [0, 0.1) is 0 Å². The van der Waals surface area contributed by atoms with E-state index in [1.807, 2.05) is 6.07 Å². The normalized spacial score (nSPS) is 19.6. The standard InChI is InChI=1S/C20H19F3N6O2S/c1-10(17(30-3)27-19(24-2)31-4)14-8-12(16-25-5-6-29(16)28-14)11-7-13(11)18-26-15(9-32-18)20(21,22)23/h5-6,8-9,11,13H,2,7H2,1,3-4H3/b17-10-,27-19+/t11-,13+/m1/s1. The molecule has 0 amide bonds. The van der Waals surface area contributed by atoms with E-state index in [0.29, 0.717) is 28.3 Å². The number of fused-ring (bicyclic) bond motifs is 1. The Morgan fingerprint density at radius 1 is 1.28 bits per heavy atom. The molecular formula is C20H19F3N6O2S. The van der Waals surface area contributed by atoms with Crippen LogP contribution in [0.3, 0.4) is 0 Å². The number of aliphatic imine (C=N–C) groups is 2. The Labute approximate surface area is 185 Å². The van der Waals surface area contributed by atoms with Gasteiger partial charge < -0.3 is 9.47 Å². The number of amidine groups is 1. The second kappa shape index (κ2) is 8.34. The van der Waals surface area contributed by atoms with Crippen molar-refractivity contribution < 1.29 is 22.6 Å². The number of alkyl halides is 3. The number of ether oxygens (including phenoxy) is 2. The number of thiazole rings is 1. The Kier molecular flexibility index (Phi) is 5.71. The highest BCUT2D eigenvalue weighted by molar-refractivity contribution is 7.09. The van der Waals surface area contributed by atoms with Gasteiger partial charge in [-0.05, 0) is 32.0 Å². The third-order valence-corrected chi connectivity index (χ3v) is 6.10. The van der Waals surface area contributed by atoms with Crippen molar-refractivity contribution >= 4 is 35.3 Å². The van der Waals surface area contributed by atoms with Gasteiger partial charge in [-0.3, -0.25) is 0 Å². The van der Waals surface area contributed by atoms with Gasteiger partial charge in [0.1, 0.15) is 0 Å². The molecule has 0 unspecified atom stereocenters. The molecule has 8 nitrogen and oxygen atoms in total. The quantitative estimate of drug-likeness (QED) is 0.315. The maximum Gasteiger partial charge on any atom is 0.434 e. The van der Waals surface area contributed by atoms with Crippen molar-refractivity contribution in [3.8, 4) is 0 Å². The van der Waals surface area contributed by atoms with E-state index in [9.17, 15) is 13.2 Å². The summed E-state index contributed by atoms with van der Waals surface area (Å²) in [5.41, 5.74) is 1.87. The van der Waals surface area contributed by atoms with Crippen LogP contribution in [0.5, 0.6) is 0 Å². The third-order valence-electron chi connectivity index (χ3n) is 5.12. The summed E-state index contributed by atoms with van der Waals surface area (Å²) in [6.07, 6.45) is -0.431. The number of imidazole rings is 1. The number of hydrogen-bond donors (Lipinski definition) is 0. The second-order valence-electron chi connectivity index (χ2n) is 7.09. The van der Waals surface area contributed by atoms with Crippen molar-refractivity contribution in [2.45, 2.75) is 31.4 Å². The molecule has 0 spiro atoms. The number of allylic oxidation sites excluding steroid dienone is 1. The maximum atomic E-state index is 12.9. The van der Waals surface area contributed by atoms with Crippen molar-refractivity contribution in [2.75, 3.05) is 14.2 Å². The van der Waals surface area contributed by atoms with E-state index in [1.54, 1.807) is 23.8 Å². The zero-order valence-corrected chi connectivity index (χ0v) is 18.2. The van der Waals surface area contributed by atoms with Gasteiger partial charge in [0.15, 0.2) is 11.3 Å². The number of hydrogen-bond acceptors (Lipinski definition) is 7. The Balaban J connectivity index is 1.72. The van der Waals surface area contributed by atoms with Gasteiger partial charge in [0.2, 0.25) is 5.88 Å². The van der Waals surface area contributed by atoms with Crippen molar-refractivity contribution in [3.05, 3.63) is 51.7 Å². The molecule has 0 aliphatic heterocycles. The van der Waals surface area contributed by atoms with Gasteiger partial charge >= 0.3 is 12.2 Å². The van der Waals surface area contributed by atoms with Crippen LogP contribution in [0.2, 0.25) is 0 Å². The molecule has 0 bridgehead atoms. The molecule has 3 aromatic heterocycles. The summed E-state index contributed by atoms with van der Waals surface area (Å²) in [4.78, 5) is 16.1. The van der Waals surface area contributed by atoms with E-state index in [1.165, 1.54) is 14.2 Å². The van der Waals surface area contributed by atoms with E-state index >= 15 is 0 Å². The molecule has 168 valence electrons. The van der Waals surface area contributed by atoms with Gasteiger partial charge in [0.05, 0.1) is 24.9 Å². The molecule has 0 saturated heterocycles. The monoisotopic (exact) mass is 464 g/mol. The zero-order chi connectivity index (χ0) is 23.0. The molecule has 1 aliphatic carbocycles. The molecule has 2 atom stereocenters. The summed E-state index contributed by atoms with van der Waals surface area (Å²) in [5.74, 6) is 0.135. The lowest BCUT2D eigenvalue weighted by atomic mass is 10.1. The summed E-state index contributed by atoms with van der Waals surface area (Å²) < 4.78 is 50.9. The molecule has 1 aliphatic rings. The Hall–Kier alpha value is -3.28. The first-order valence-corrected chi connectivity index (χ1v) is 10.4. The highest BCUT2D eigenvalue weighted by Crippen LogP contribution is 2.56. The van der Waals surface area contributed by atoms with Crippen LogP contribution in [0.4, 0.5) is 13.2 Å². The van der Waals surface area contributed by atoms with Crippen LogP contribution >= 0.6 is 11.3 Å². The first kappa shape index (κ1) is 21.9. The number of halogens is 3. The minimum atomic E-state index is -4.44. The van der Waals surface area contributed by atoms with E-state index in [2.05, 4.69) is 31.8 Å². The molecule has 1 saturated carbocycles.